The molecular formula is C21H14FNO3. The van der Waals surface area contributed by atoms with E-state index in [1.54, 1.807) is 24.3 Å². The maximum Gasteiger partial charge on any atom is 0.346 e. The van der Waals surface area contributed by atoms with Crippen LogP contribution in [0.15, 0.2) is 66.2 Å². The molecule has 0 radical (unpaired) electrons. The third-order valence-corrected chi connectivity index (χ3v) is 3.88. The highest BCUT2D eigenvalue weighted by molar-refractivity contribution is 6.01. The van der Waals surface area contributed by atoms with Gasteiger partial charge in [-0.25, -0.2) is 9.18 Å². The minimum atomic E-state index is -1.30. The quantitative estimate of drug-likeness (QED) is 0.543. The summed E-state index contributed by atoms with van der Waals surface area (Å²) in [7, 11) is 0. The Kier molecular flexibility index (Phi) is 4.95. The highest BCUT2D eigenvalue weighted by atomic mass is 19.1. The Bertz CT molecular complexity index is 1030. The number of hydrogen-bond donors (Lipinski definition) is 1. The zero-order valence-corrected chi connectivity index (χ0v) is 13.6. The summed E-state index contributed by atoms with van der Waals surface area (Å²) in [6.45, 7) is 0.189. The second-order valence-corrected chi connectivity index (χ2v) is 5.59. The third kappa shape index (κ3) is 3.70. The fourth-order valence-corrected chi connectivity index (χ4v) is 2.58. The zero-order valence-electron chi connectivity index (χ0n) is 13.6. The summed E-state index contributed by atoms with van der Waals surface area (Å²) in [5, 5.41) is 19.9. The normalized spacial score (nSPS) is 11.2. The first-order valence-corrected chi connectivity index (χ1v) is 7.82. The molecule has 1 N–H and O–H groups in total. The Morgan fingerprint density at radius 2 is 1.85 bits per heavy atom. The first-order chi connectivity index (χ1) is 12.6. The summed E-state index contributed by atoms with van der Waals surface area (Å²) in [6, 6.07) is 18.6. The summed E-state index contributed by atoms with van der Waals surface area (Å²) in [6.07, 6.45) is 1.31. The lowest BCUT2D eigenvalue weighted by Crippen LogP contribution is -2.00. The largest absolute Gasteiger partial charge is 0.488 e. The van der Waals surface area contributed by atoms with E-state index in [0.29, 0.717) is 11.3 Å². The van der Waals surface area contributed by atoms with Gasteiger partial charge in [-0.3, -0.25) is 0 Å². The van der Waals surface area contributed by atoms with E-state index in [1.165, 1.54) is 18.2 Å². The van der Waals surface area contributed by atoms with Crippen LogP contribution < -0.4 is 4.74 Å². The number of hydrogen-bond acceptors (Lipinski definition) is 3. The van der Waals surface area contributed by atoms with Crippen molar-refractivity contribution in [1.82, 2.24) is 0 Å². The van der Waals surface area contributed by atoms with Crippen molar-refractivity contribution in [3.05, 3.63) is 83.2 Å². The number of carbonyl (C=O) groups is 1. The van der Waals surface area contributed by atoms with Gasteiger partial charge in [0.1, 0.15) is 29.8 Å². The van der Waals surface area contributed by atoms with Crippen LogP contribution in [0, 0.1) is 17.1 Å². The molecule has 0 heterocycles. The fraction of sp³-hybridized carbons (Fsp3) is 0.0476. The van der Waals surface area contributed by atoms with E-state index in [2.05, 4.69) is 0 Å². The Labute approximate surface area is 149 Å². The number of rotatable bonds is 5. The number of aliphatic carboxylic acids is 1. The van der Waals surface area contributed by atoms with Crippen LogP contribution in [0.1, 0.15) is 11.1 Å². The molecule has 3 rings (SSSR count). The predicted octanol–water partition coefficient (Wildman–Crippen LogP) is 4.55. The van der Waals surface area contributed by atoms with Gasteiger partial charge < -0.3 is 9.84 Å². The van der Waals surface area contributed by atoms with Crippen LogP contribution in [0.3, 0.4) is 0 Å². The maximum atomic E-state index is 13.0. The van der Waals surface area contributed by atoms with Gasteiger partial charge in [-0.2, -0.15) is 5.26 Å². The standard InChI is InChI=1S/C21H14FNO3/c22-17-8-5-14(6-9-17)13-26-20-10-7-15-3-1-2-4-18(15)19(20)11-16(12-23)21(24)25/h1-11H,13H2,(H,24,25). The van der Waals surface area contributed by atoms with Gasteiger partial charge in [-0.1, -0.05) is 42.5 Å². The zero-order chi connectivity index (χ0) is 18.5. The molecule has 0 aromatic heterocycles. The van der Waals surface area contributed by atoms with Crippen LogP contribution in [0.2, 0.25) is 0 Å². The molecule has 0 aliphatic rings. The first-order valence-electron chi connectivity index (χ1n) is 7.82. The number of carboxylic acid groups (broad SMARTS) is 1. The molecule has 0 fully saturated rings. The summed E-state index contributed by atoms with van der Waals surface area (Å²) < 4.78 is 18.8. The molecule has 26 heavy (non-hydrogen) atoms. The SMILES string of the molecule is N#CC(=Cc1c(OCc2ccc(F)cc2)ccc2ccccc12)C(=O)O. The van der Waals surface area contributed by atoms with E-state index in [-0.39, 0.29) is 18.0 Å². The van der Waals surface area contributed by atoms with Crippen molar-refractivity contribution in [2.24, 2.45) is 0 Å². The molecule has 0 amide bonds. The maximum absolute atomic E-state index is 13.0. The van der Waals surface area contributed by atoms with Gasteiger partial charge in [-0.05, 0) is 40.6 Å². The number of fused-ring (bicyclic) bond motifs is 1. The highest BCUT2D eigenvalue weighted by Gasteiger charge is 2.12. The van der Waals surface area contributed by atoms with E-state index in [1.807, 2.05) is 30.3 Å². The van der Waals surface area contributed by atoms with Gasteiger partial charge in [0.2, 0.25) is 0 Å². The second-order valence-electron chi connectivity index (χ2n) is 5.59. The van der Waals surface area contributed by atoms with Crippen molar-refractivity contribution in [3.8, 4) is 11.8 Å². The number of halogens is 1. The molecule has 3 aromatic carbocycles. The third-order valence-electron chi connectivity index (χ3n) is 3.88. The van der Waals surface area contributed by atoms with Gasteiger partial charge in [0.05, 0.1) is 0 Å². The molecule has 0 aliphatic carbocycles. The summed E-state index contributed by atoms with van der Waals surface area (Å²) in [5.74, 6) is -1.19. The van der Waals surface area contributed by atoms with Crippen LogP contribution in [0.5, 0.6) is 5.75 Å². The van der Waals surface area contributed by atoms with E-state index in [0.717, 1.165) is 16.3 Å². The molecule has 0 saturated heterocycles. The molecule has 3 aromatic rings. The van der Waals surface area contributed by atoms with Crippen molar-refractivity contribution >= 4 is 22.8 Å². The monoisotopic (exact) mass is 347 g/mol. The van der Waals surface area contributed by atoms with Crippen molar-refractivity contribution in [1.29, 1.82) is 5.26 Å². The topological polar surface area (TPSA) is 70.3 Å². The second kappa shape index (κ2) is 7.49. The highest BCUT2D eigenvalue weighted by Crippen LogP contribution is 2.31. The van der Waals surface area contributed by atoms with Gasteiger partial charge in [-0.15, -0.1) is 0 Å². The Morgan fingerprint density at radius 3 is 2.54 bits per heavy atom. The molecule has 0 saturated carbocycles. The van der Waals surface area contributed by atoms with Crippen LogP contribution in [0.25, 0.3) is 16.8 Å². The number of nitrogens with zero attached hydrogens (tertiary/aromatic N) is 1. The minimum Gasteiger partial charge on any atom is -0.488 e. The van der Waals surface area contributed by atoms with Crippen molar-refractivity contribution in [3.63, 3.8) is 0 Å². The average molecular weight is 347 g/mol. The van der Waals surface area contributed by atoms with Crippen LogP contribution in [-0.4, -0.2) is 11.1 Å². The average Bonchev–Trinajstić information content (AvgIpc) is 2.65. The van der Waals surface area contributed by atoms with E-state index in [9.17, 15) is 9.18 Å². The smallest absolute Gasteiger partial charge is 0.346 e. The Hall–Kier alpha value is -3.65. The molecule has 0 bridgehead atoms. The van der Waals surface area contributed by atoms with Crippen molar-refractivity contribution in [2.75, 3.05) is 0 Å². The lowest BCUT2D eigenvalue weighted by molar-refractivity contribution is -0.132. The first kappa shape index (κ1) is 17.2. The number of ether oxygens (including phenoxy) is 1. The molecule has 5 heteroatoms. The molecule has 0 spiro atoms. The number of benzene rings is 3. The van der Waals surface area contributed by atoms with Crippen LogP contribution in [-0.2, 0) is 11.4 Å². The molecule has 0 aliphatic heterocycles. The molecule has 0 unspecified atom stereocenters. The fourth-order valence-electron chi connectivity index (χ4n) is 2.58. The van der Waals surface area contributed by atoms with Gasteiger partial charge in [0, 0.05) is 5.56 Å². The lowest BCUT2D eigenvalue weighted by Gasteiger charge is -2.12. The van der Waals surface area contributed by atoms with Crippen LogP contribution in [0.4, 0.5) is 4.39 Å². The van der Waals surface area contributed by atoms with E-state index >= 15 is 0 Å². The molecule has 128 valence electrons. The van der Waals surface area contributed by atoms with Crippen molar-refractivity contribution in [2.45, 2.75) is 6.61 Å². The number of nitriles is 1. The summed E-state index contributed by atoms with van der Waals surface area (Å²) in [4.78, 5) is 11.2. The molecule has 4 nitrogen and oxygen atoms in total. The molecular weight excluding hydrogens is 333 g/mol. The van der Waals surface area contributed by atoms with Crippen molar-refractivity contribution < 1.29 is 19.0 Å². The predicted molar refractivity (Wildman–Crippen MR) is 95.9 cm³/mol. The van der Waals surface area contributed by atoms with Gasteiger partial charge in [0.15, 0.2) is 0 Å². The minimum absolute atomic E-state index is 0.189. The summed E-state index contributed by atoms with van der Waals surface area (Å²) >= 11 is 0. The summed E-state index contributed by atoms with van der Waals surface area (Å²) in [5.41, 5.74) is 0.908. The Morgan fingerprint density at radius 1 is 1.12 bits per heavy atom. The van der Waals surface area contributed by atoms with Crippen LogP contribution >= 0.6 is 0 Å². The van der Waals surface area contributed by atoms with E-state index < -0.39 is 5.97 Å². The van der Waals surface area contributed by atoms with E-state index in [4.69, 9.17) is 15.1 Å². The van der Waals surface area contributed by atoms with Gasteiger partial charge >= 0.3 is 5.97 Å². The molecule has 0 atom stereocenters. The Balaban J connectivity index is 2.04. The number of carboxylic acids is 1. The van der Waals surface area contributed by atoms with Gasteiger partial charge in [0.25, 0.3) is 0 Å². The lowest BCUT2D eigenvalue weighted by atomic mass is 10.0.